The zero-order valence-electron chi connectivity index (χ0n) is 13.9. The van der Waals surface area contributed by atoms with Crippen molar-refractivity contribution in [1.29, 1.82) is 0 Å². The highest BCUT2D eigenvalue weighted by Crippen LogP contribution is 2.18. The Bertz CT molecular complexity index is 756. The molecule has 2 rings (SSSR count). The summed E-state index contributed by atoms with van der Waals surface area (Å²) in [5.74, 6) is -1.34. The lowest BCUT2D eigenvalue weighted by Gasteiger charge is -2.07. The summed E-state index contributed by atoms with van der Waals surface area (Å²) in [5.41, 5.74) is 2.56. The van der Waals surface area contributed by atoms with Crippen LogP contribution in [0.5, 0.6) is 0 Å². The fourth-order valence-electron chi connectivity index (χ4n) is 2.29. The summed E-state index contributed by atoms with van der Waals surface area (Å²) in [4.78, 5) is 23.6. The number of rotatable bonds is 6. The van der Waals surface area contributed by atoms with Gasteiger partial charge in [0.15, 0.2) is 6.61 Å². The van der Waals surface area contributed by atoms with Crippen molar-refractivity contribution in [2.75, 3.05) is 11.9 Å². The largest absolute Gasteiger partial charge is 0.456 e. The Morgan fingerprint density at radius 1 is 1.29 bits per heavy atom. The van der Waals surface area contributed by atoms with Crippen molar-refractivity contribution in [3.63, 3.8) is 0 Å². The van der Waals surface area contributed by atoms with Gasteiger partial charge in [-0.15, -0.1) is 0 Å². The van der Waals surface area contributed by atoms with E-state index >= 15 is 0 Å². The molecular formula is C17H20FN3O3. The fraction of sp³-hybridized carbons (Fsp3) is 0.353. The van der Waals surface area contributed by atoms with Gasteiger partial charge in [-0.3, -0.25) is 14.3 Å². The molecular weight excluding hydrogens is 313 g/mol. The molecule has 0 radical (unpaired) electrons. The van der Waals surface area contributed by atoms with E-state index < -0.39 is 11.9 Å². The minimum Gasteiger partial charge on any atom is -0.456 e. The summed E-state index contributed by atoms with van der Waals surface area (Å²) in [5, 5.41) is 6.87. The molecule has 0 fully saturated rings. The second-order valence-corrected chi connectivity index (χ2v) is 5.47. The lowest BCUT2D eigenvalue weighted by molar-refractivity contribution is -0.147. The van der Waals surface area contributed by atoms with Gasteiger partial charge in [-0.25, -0.2) is 4.39 Å². The molecule has 1 heterocycles. The highest BCUT2D eigenvalue weighted by Gasteiger charge is 2.14. The van der Waals surface area contributed by atoms with E-state index in [1.54, 1.807) is 36.9 Å². The first kappa shape index (κ1) is 17.7. The van der Waals surface area contributed by atoms with Crippen molar-refractivity contribution in [1.82, 2.24) is 9.78 Å². The van der Waals surface area contributed by atoms with Gasteiger partial charge in [0.25, 0.3) is 5.91 Å². The Hall–Kier alpha value is -2.70. The number of aromatic nitrogens is 2. The Morgan fingerprint density at radius 3 is 2.62 bits per heavy atom. The number of esters is 1. The summed E-state index contributed by atoms with van der Waals surface area (Å²) in [6.45, 7) is 3.23. The summed E-state index contributed by atoms with van der Waals surface area (Å²) in [6.07, 6.45) is 0.243. The number of nitrogens with one attached hydrogen (secondary N) is 1. The molecule has 0 bridgehead atoms. The summed E-state index contributed by atoms with van der Waals surface area (Å²) in [6, 6.07) is 6.25. The molecule has 6 nitrogen and oxygen atoms in total. The first-order valence-corrected chi connectivity index (χ1v) is 7.57. The lowest BCUT2D eigenvalue weighted by Crippen LogP contribution is -2.21. The number of nitrogens with zero attached hydrogens (tertiary/aromatic N) is 2. The number of hydrogen-bond acceptors (Lipinski definition) is 4. The van der Waals surface area contributed by atoms with Crippen molar-refractivity contribution in [3.8, 4) is 0 Å². The summed E-state index contributed by atoms with van der Waals surface area (Å²) >= 11 is 0. The minimum atomic E-state index is -0.548. The highest BCUT2D eigenvalue weighted by atomic mass is 19.1. The van der Waals surface area contributed by atoms with E-state index in [9.17, 15) is 14.0 Å². The molecule has 0 saturated carbocycles. The maximum absolute atomic E-state index is 13.4. The molecule has 1 amide bonds. The lowest BCUT2D eigenvalue weighted by atomic mass is 10.1. The monoisotopic (exact) mass is 333 g/mol. The predicted octanol–water partition coefficient (Wildman–Crippen LogP) is 2.29. The zero-order chi connectivity index (χ0) is 17.7. The SMILES string of the molecule is Cc1nn(C)c(C)c1NC(=O)COC(=O)CCc1ccccc1F. The molecule has 0 aliphatic carbocycles. The van der Waals surface area contributed by atoms with Crippen LogP contribution in [0.4, 0.5) is 10.1 Å². The van der Waals surface area contributed by atoms with Gasteiger partial charge < -0.3 is 10.1 Å². The van der Waals surface area contributed by atoms with Crippen LogP contribution in [-0.4, -0.2) is 28.3 Å². The van der Waals surface area contributed by atoms with Crippen molar-refractivity contribution in [2.24, 2.45) is 7.05 Å². The van der Waals surface area contributed by atoms with Crippen LogP contribution in [0.2, 0.25) is 0 Å². The molecule has 0 aliphatic rings. The maximum Gasteiger partial charge on any atom is 0.306 e. The molecule has 0 atom stereocenters. The topological polar surface area (TPSA) is 73.2 Å². The number of benzene rings is 1. The van der Waals surface area contributed by atoms with Crippen LogP contribution in [0.15, 0.2) is 24.3 Å². The van der Waals surface area contributed by atoms with Gasteiger partial charge in [0, 0.05) is 13.5 Å². The first-order valence-electron chi connectivity index (χ1n) is 7.57. The fourth-order valence-corrected chi connectivity index (χ4v) is 2.29. The third-order valence-corrected chi connectivity index (χ3v) is 3.69. The van der Waals surface area contributed by atoms with Gasteiger partial charge in [-0.05, 0) is 31.9 Å². The number of ether oxygens (including phenoxy) is 1. The molecule has 1 aromatic carbocycles. The Morgan fingerprint density at radius 2 is 2.00 bits per heavy atom. The van der Waals surface area contributed by atoms with E-state index in [0.717, 1.165) is 5.69 Å². The normalized spacial score (nSPS) is 10.5. The van der Waals surface area contributed by atoms with Crippen LogP contribution in [0, 0.1) is 19.7 Å². The predicted molar refractivity (Wildman–Crippen MR) is 87.0 cm³/mol. The third kappa shape index (κ3) is 4.41. The van der Waals surface area contributed by atoms with Crippen LogP contribution in [0.3, 0.4) is 0 Å². The van der Waals surface area contributed by atoms with E-state index in [2.05, 4.69) is 10.4 Å². The third-order valence-electron chi connectivity index (χ3n) is 3.69. The van der Waals surface area contributed by atoms with Crippen LogP contribution in [-0.2, 0) is 27.8 Å². The van der Waals surface area contributed by atoms with Gasteiger partial charge in [0.2, 0.25) is 0 Å². The minimum absolute atomic E-state index is 0.0131. The zero-order valence-corrected chi connectivity index (χ0v) is 13.9. The molecule has 1 aromatic heterocycles. The number of halogens is 1. The first-order chi connectivity index (χ1) is 11.4. The van der Waals surface area contributed by atoms with Crippen LogP contribution in [0.1, 0.15) is 23.4 Å². The molecule has 0 unspecified atom stereocenters. The van der Waals surface area contributed by atoms with E-state index in [1.165, 1.54) is 6.07 Å². The van der Waals surface area contributed by atoms with Crippen LogP contribution in [0.25, 0.3) is 0 Å². The van der Waals surface area contributed by atoms with Gasteiger partial charge in [0.05, 0.1) is 17.1 Å². The van der Waals surface area contributed by atoms with E-state index in [0.29, 0.717) is 16.9 Å². The molecule has 2 aromatic rings. The second-order valence-electron chi connectivity index (χ2n) is 5.47. The summed E-state index contributed by atoms with van der Waals surface area (Å²) < 4.78 is 20.0. The second kappa shape index (κ2) is 7.72. The average molecular weight is 333 g/mol. The van der Waals surface area contributed by atoms with E-state index in [4.69, 9.17) is 4.74 Å². The van der Waals surface area contributed by atoms with Crippen molar-refractivity contribution >= 4 is 17.6 Å². The van der Waals surface area contributed by atoms with Crippen LogP contribution < -0.4 is 5.32 Å². The average Bonchev–Trinajstić information content (AvgIpc) is 2.78. The van der Waals surface area contributed by atoms with Gasteiger partial charge in [-0.2, -0.15) is 5.10 Å². The Kier molecular flexibility index (Phi) is 5.68. The van der Waals surface area contributed by atoms with Gasteiger partial charge in [-0.1, -0.05) is 18.2 Å². The maximum atomic E-state index is 13.4. The molecule has 24 heavy (non-hydrogen) atoms. The van der Waals surface area contributed by atoms with Crippen molar-refractivity contribution < 1.29 is 18.7 Å². The van der Waals surface area contributed by atoms with Gasteiger partial charge >= 0.3 is 5.97 Å². The number of hydrogen-bond donors (Lipinski definition) is 1. The Balaban J connectivity index is 1.79. The molecule has 0 saturated heterocycles. The quantitative estimate of drug-likeness (QED) is 0.823. The summed E-state index contributed by atoms with van der Waals surface area (Å²) in [7, 11) is 1.78. The standard InChI is InChI=1S/C17H20FN3O3/c1-11-17(12(2)21(3)20-11)19-15(22)10-24-16(23)9-8-13-6-4-5-7-14(13)18/h4-7H,8-10H2,1-3H3,(H,19,22). The van der Waals surface area contributed by atoms with E-state index in [-0.39, 0.29) is 25.3 Å². The number of carbonyl (C=O) groups is 2. The smallest absolute Gasteiger partial charge is 0.306 e. The van der Waals surface area contributed by atoms with Crippen molar-refractivity contribution in [2.45, 2.75) is 26.7 Å². The van der Waals surface area contributed by atoms with Crippen molar-refractivity contribution in [3.05, 3.63) is 47.0 Å². The number of aryl methyl sites for hydroxylation is 3. The molecule has 1 N–H and O–H groups in total. The molecule has 7 heteroatoms. The Labute approximate surface area is 139 Å². The van der Waals surface area contributed by atoms with Gasteiger partial charge in [0.1, 0.15) is 5.82 Å². The number of anilines is 1. The number of amides is 1. The molecule has 128 valence electrons. The van der Waals surface area contributed by atoms with E-state index in [1.807, 2.05) is 6.92 Å². The molecule has 0 aliphatic heterocycles. The number of carbonyl (C=O) groups excluding carboxylic acids is 2. The van der Waals surface area contributed by atoms with Crippen LogP contribution >= 0.6 is 0 Å². The molecule has 0 spiro atoms. The highest BCUT2D eigenvalue weighted by molar-refractivity contribution is 5.93.